The quantitative estimate of drug-likeness (QED) is 0.602. The second-order valence-corrected chi connectivity index (χ2v) is 4.37. The number of aryl methyl sites for hydroxylation is 1. The maximum atomic E-state index is 7.59. The molecule has 92 valence electrons. The molecular weight excluding hydrogens is 216 g/mol. The van der Waals surface area contributed by atoms with Crippen LogP contribution >= 0.6 is 0 Å². The van der Waals surface area contributed by atoms with Crippen LogP contribution in [0.3, 0.4) is 0 Å². The first-order chi connectivity index (χ1) is 8.09. The Morgan fingerprint density at radius 2 is 2.35 bits per heavy atom. The van der Waals surface area contributed by atoms with Gasteiger partial charge in [0, 0.05) is 19.3 Å². The van der Waals surface area contributed by atoms with Gasteiger partial charge >= 0.3 is 0 Å². The van der Waals surface area contributed by atoms with Crippen LogP contribution in [-0.2, 0) is 4.74 Å². The fourth-order valence-corrected chi connectivity index (χ4v) is 2.02. The lowest BCUT2D eigenvalue weighted by molar-refractivity contribution is 0.193. The molecule has 1 saturated heterocycles. The highest BCUT2D eigenvalue weighted by Crippen LogP contribution is 2.22. The number of nitrogens with one attached hydrogen (secondary N) is 1. The van der Waals surface area contributed by atoms with Crippen LogP contribution in [0.4, 0.5) is 5.82 Å². The second kappa shape index (κ2) is 4.71. The van der Waals surface area contributed by atoms with E-state index in [9.17, 15) is 0 Å². The molecule has 0 aromatic carbocycles. The van der Waals surface area contributed by atoms with Crippen LogP contribution in [-0.4, -0.2) is 37.1 Å². The van der Waals surface area contributed by atoms with Gasteiger partial charge in [0.05, 0.1) is 18.2 Å². The van der Waals surface area contributed by atoms with Crippen LogP contribution in [0.1, 0.15) is 17.7 Å². The van der Waals surface area contributed by atoms with Crippen molar-refractivity contribution in [2.45, 2.75) is 19.4 Å². The molecule has 1 aromatic rings. The molecule has 0 aliphatic carbocycles. The number of pyridine rings is 1. The Morgan fingerprint density at radius 3 is 2.94 bits per heavy atom. The van der Waals surface area contributed by atoms with Gasteiger partial charge < -0.3 is 15.4 Å². The zero-order valence-corrected chi connectivity index (χ0v) is 10.2. The molecule has 2 rings (SSSR count). The molecule has 2 heterocycles. The van der Waals surface area contributed by atoms with Gasteiger partial charge in [-0.3, -0.25) is 5.41 Å². The minimum absolute atomic E-state index is 0.0539. The van der Waals surface area contributed by atoms with Gasteiger partial charge in [0.25, 0.3) is 0 Å². The summed E-state index contributed by atoms with van der Waals surface area (Å²) in [7, 11) is 1.98. The van der Waals surface area contributed by atoms with E-state index in [1.54, 1.807) is 0 Å². The van der Waals surface area contributed by atoms with Gasteiger partial charge in [0.2, 0.25) is 0 Å². The van der Waals surface area contributed by atoms with Crippen molar-refractivity contribution in [1.29, 1.82) is 5.41 Å². The van der Waals surface area contributed by atoms with Crippen LogP contribution in [0.2, 0.25) is 0 Å². The summed E-state index contributed by atoms with van der Waals surface area (Å²) in [6.07, 6.45) is 0.990. The van der Waals surface area contributed by atoms with E-state index in [0.29, 0.717) is 18.2 Å². The van der Waals surface area contributed by atoms with Gasteiger partial charge in [-0.05, 0) is 25.5 Å². The minimum atomic E-state index is 0.0539. The van der Waals surface area contributed by atoms with Crippen LogP contribution < -0.4 is 10.6 Å². The van der Waals surface area contributed by atoms with E-state index in [-0.39, 0.29) is 5.84 Å². The number of nitrogens with two attached hydrogens (primary N) is 1. The SMILES string of the molecule is Cc1ccc(C(=N)N)c(N(C)C2CCOC2)n1. The molecule has 1 aliphatic rings. The lowest BCUT2D eigenvalue weighted by Gasteiger charge is -2.26. The van der Waals surface area contributed by atoms with E-state index in [4.69, 9.17) is 15.9 Å². The predicted molar refractivity (Wildman–Crippen MR) is 67.6 cm³/mol. The summed E-state index contributed by atoms with van der Waals surface area (Å²) >= 11 is 0. The van der Waals surface area contributed by atoms with E-state index < -0.39 is 0 Å². The fourth-order valence-electron chi connectivity index (χ4n) is 2.02. The molecule has 5 heteroatoms. The monoisotopic (exact) mass is 234 g/mol. The highest BCUT2D eigenvalue weighted by Gasteiger charge is 2.23. The Kier molecular flexibility index (Phi) is 3.28. The lowest BCUT2D eigenvalue weighted by Crippen LogP contribution is -2.34. The van der Waals surface area contributed by atoms with Gasteiger partial charge in [-0.25, -0.2) is 4.98 Å². The molecular formula is C12H18N4O. The van der Waals surface area contributed by atoms with Crippen molar-refractivity contribution in [3.05, 3.63) is 23.4 Å². The highest BCUT2D eigenvalue weighted by molar-refractivity contribution is 5.99. The van der Waals surface area contributed by atoms with Crippen LogP contribution in [0.5, 0.6) is 0 Å². The first-order valence-corrected chi connectivity index (χ1v) is 5.72. The normalized spacial score (nSPS) is 19.3. The van der Waals surface area contributed by atoms with Crippen molar-refractivity contribution in [1.82, 2.24) is 4.98 Å². The largest absolute Gasteiger partial charge is 0.384 e. The van der Waals surface area contributed by atoms with Crippen molar-refractivity contribution in [3.63, 3.8) is 0 Å². The summed E-state index contributed by atoms with van der Waals surface area (Å²) in [6.45, 7) is 3.44. The summed E-state index contributed by atoms with van der Waals surface area (Å²) in [4.78, 5) is 6.55. The summed E-state index contributed by atoms with van der Waals surface area (Å²) in [5.41, 5.74) is 7.20. The Hall–Kier alpha value is -1.62. The van der Waals surface area contributed by atoms with Crippen LogP contribution in [0.15, 0.2) is 12.1 Å². The summed E-state index contributed by atoms with van der Waals surface area (Å²) < 4.78 is 5.38. The van der Waals surface area contributed by atoms with Gasteiger partial charge in [0.1, 0.15) is 11.7 Å². The Balaban J connectivity index is 2.34. The van der Waals surface area contributed by atoms with Crippen LogP contribution in [0.25, 0.3) is 0 Å². The van der Waals surface area contributed by atoms with Crippen molar-refractivity contribution >= 4 is 11.7 Å². The predicted octanol–water partition coefficient (Wildman–Crippen LogP) is 0.899. The van der Waals surface area contributed by atoms with E-state index in [0.717, 1.165) is 24.5 Å². The molecule has 3 N–H and O–H groups in total. The standard InChI is InChI=1S/C12H18N4O/c1-8-3-4-10(11(13)14)12(15-8)16(2)9-5-6-17-7-9/h3-4,9H,5-7H2,1-2H3,(H3,13,14). The summed E-state index contributed by atoms with van der Waals surface area (Å²) in [5, 5.41) is 7.59. The lowest BCUT2D eigenvalue weighted by atomic mass is 10.1. The first-order valence-electron chi connectivity index (χ1n) is 5.72. The van der Waals surface area contributed by atoms with Gasteiger partial charge in [-0.2, -0.15) is 0 Å². The average Bonchev–Trinajstić information content (AvgIpc) is 2.80. The van der Waals surface area contributed by atoms with Crippen LogP contribution in [0, 0.1) is 12.3 Å². The highest BCUT2D eigenvalue weighted by atomic mass is 16.5. The number of likely N-dealkylation sites (N-methyl/N-ethyl adjacent to an activating group) is 1. The zero-order valence-electron chi connectivity index (χ0n) is 10.2. The Morgan fingerprint density at radius 1 is 1.59 bits per heavy atom. The molecule has 0 radical (unpaired) electrons. The molecule has 0 bridgehead atoms. The number of hydrogen-bond donors (Lipinski definition) is 2. The molecule has 1 unspecified atom stereocenters. The van der Waals surface area contributed by atoms with E-state index >= 15 is 0 Å². The van der Waals surface area contributed by atoms with Gasteiger partial charge in [0.15, 0.2) is 0 Å². The Labute approximate surface area is 101 Å². The van der Waals surface area contributed by atoms with E-state index in [1.165, 1.54) is 0 Å². The number of anilines is 1. The third kappa shape index (κ3) is 2.39. The number of amidine groups is 1. The van der Waals surface area contributed by atoms with E-state index in [1.807, 2.05) is 26.1 Å². The smallest absolute Gasteiger partial charge is 0.139 e. The van der Waals surface area contributed by atoms with Gasteiger partial charge in [-0.1, -0.05) is 0 Å². The average molecular weight is 234 g/mol. The minimum Gasteiger partial charge on any atom is -0.384 e. The topological polar surface area (TPSA) is 75.2 Å². The number of ether oxygens (including phenoxy) is 1. The molecule has 5 nitrogen and oxygen atoms in total. The van der Waals surface area contributed by atoms with Gasteiger partial charge in [-0.15, -0.1) is 0 Å². The molecule has 1 aromatic heterocycles. The first kappa shape index (κ1) is 11.9. The second-order valence-electron chi connectivity index (χ2n) is 4.37. The van der Waals surface area contributed by atoms with E-state index in [2.05, 4.69) is 9.88 Å². The number of aromatic nitrogens is 1. The van der Waals surface area contributed by atoms with Crippen molar-refractivity contribution in [2.24, 2.45) is 5.73 Å². The number of hydrogen-bond acceptors (Lipinski definition) is 4. The zero-order chi connectivity index (χ0) is 12.4. The maximum absolute atomic E-state index is 7.59. The number of rotatable bonds is 3. The molecule has 17 heavy (non-hydrogen) atoms. The van der Waals surface area contributed by atoms with Crippen molar-refractivity contribution < 1.29 is 4.74 Å². The maximum Gasteiger partial charge on any atom is 0.139 e. The third-order valence-corrected chi connectivity index (χ3v) is 3.09. The molecule has 1 atom stereocenters. The Bertz CT molecular complexity index is 427. The summed E-state index contributed by atoms with van der Waals surface area (Å²) in [5.74, 6) is 0.825. The van der Waals surface area contributed by atoms with Crippen molar-refractivity contribution in [3.8, 4) is 0 Å². The molecule has 0 amide bonds. The summed E-state index contributed by atoms with van der Waals surface area (Å²) in [6, 6.07) is 4.05. The molecule has 1 fully saturated rings. The fraction of sp³-hybridized carbons (Fsp3) is 0.500. The molecule has 0 saturated carbocycles. The molecule has 0 spiro atoms. The number of nitrogen functional groups attached to an aromatic ring is 1. The molecule has 1 aliphatic heterocycles. The van der Waals surface area contributed by atoms with Crippen molar-refractivity contribution in [2.75, 3.05) is 25.2 Å². The third-order valence-electron chi connectivity index (χ3n) is 3.09. The number of nitrogens with zero attached hydrogens (tertiary/aromatic N) is 2.